The van der Waals surface area contributed by atoms with Gasteiger partial charge < -0.3 is 19.3 Å². The molecule has 0 saturated carbocycles. The molecule has 9 heteroatoms. The number of nitrogens with zero attached hydrogens (tertiary/aromatic N) is 1. The number of carboxylic acid groups (broad SMARTS) is 1. The van der Waals surface area contributed by atoms with E-state index in [0.717, 1.165) is 0 Å². The van der Waals surface area contributed by atoms with Crippen LogP contribution in [0.4, 0.5) is 4.79 Å². The Morgan fingerprint density at radius 1 is 1.50 bits per heavy atom. The third kappa shape index (κ3) is 5.70. The van der Waals surface area contributed by atoms with E-state index < -0.39 is 28.2 Å². The Labute approximate surface area is 179 Å². The zero-order valence-corrected chi connectivity index (χ0v) is 18.5. The molecule has 1 saturated heterocycles. The molecule has 28 heavy (non-hydrogen) atoms. The largest absolute Gasteiger partial charge is 0.598 e. The van der Waals surface area contributed by atoms with Crippen LogP contribution in [-0.2, 0) is 11.4 Å². The number of hydrogen-bond donors (Lipinski definition) is 2. The van der Waals surface area contributed by atoms with Crippen molar-refractivity contribution in [2.24, 2.45) is 5.92 Å². The fourth-order valence-electron chi connectivity index (χ4n) is 3.00. The summed E-state index contributed by atoms with van der Waals surface area (Å²) in [5.41, 5.74) is 0.700. The quantitative estimate of drug-likeness (QED) is 0.468. The van der Waals surface area contributed by atoms with Crippen molar-refractivity contribution in [2.45, 2.75) is 38.0 Å². The minimum Gasteiger partial charge on any atom is -0.598 e. The van der Waals surface area contributed by atoms with E-state index in [1.54, 1.807) is 18.2 Å². The number of nitrogens with one attached hydrogen (secondary N) is 1. The Morgan fingerprint density at radius 2 is 2.14 bits per heavy atom. The molecule has 6 nitrogen and oxygen atoms in total. The van der Waals surface area contributed by atoms with E-state index >= 15 is 0 Å². The van der Waals surface area contributed by atoms with Gasteiger partial charge in [0.05, 0.1) is 16.1 Å². The lowest BCUT2D eigenvalue weighted by molar-refractivity contribution is 0.153. The molecule has 3 atom stereocenters. The lowest BCUT2D eigenvalue weighted by atomic mass is 9.92. The normalized spacial score (nSPS) is 19.4. The summed E-state index contributed by atoms with van der Waals surface area (Å²) in [5, 5.41) is 10.0. The lowest BCUT2D eigenvalue weighted by Gasteiger charge is -2.32. The van der Waals surface area contributed by atoms with Crippen molar-refractivity contribution in [2.75, 3.05) is 19.7 Å². The molecule has 1 aromatic rings. The van der Waals surface area contributed by atoms with Gasteiger partial charge in [0.15, 0.2) is 0 Å². The van der Waals surface area contributed by atoms with Gasteiger partial charge in [0.25, 0.3) is 0 Å². The van der Waals surface area contributed by atoms with Crippen LogP contribution in [0.1, 0.15) is 38.8 Å². The van der Waals surface area contributed by atoms with Crippen molar-refractivity contribution in [3.63, 3.8) is 0 Å². The van der Waals surface area contributed by atoms with Gasteiger partial charge in [0.1, 0.15) is 17.1 Å². The molecule has 1 aliphatic heterocycles. The molecule has 0 bridgehead atoms. The van der Waals surface area contributed by atoms with Crippen molar-refractivity contribution in [3.05, 3.63) is 40.4 Å². The number of hydrogen-bond acceptors (Lipinski definition) is 4. The molecule has 156 valence electrons. The summed E-state index contributed by atoms with van der Waals surface area (Å²) in [6.07, 6.45) is 1.28. The maximum atomic E-state index is 12.9. The third-order valence-corrected chi connectivity index (χ3v) is 6.80. The molecular formula is C19H26Cl2N2O4S. The van der Waals surface area contributed by atoms with Crippen LogP contribution in [0.25, 0.3) is 0 Å². The first-order valence-corrected chi connectivity index (χ1v) is 10.8. The standard InChI is InChI=1S/C19H26Cl2N2O4S/c1-5-8-27-16-10-15(21)14(20)9-13(16)17(22-28(26)19(2,3)4)12-6-7-23(11-12)18(24)25/h5,9-10,12,17,22H,1,6-8,11H2,2-4H3,(H,24,25)/t12-,17?,28?/m1/s1. The molecule has 0 aromatic heterocycles. The van der Waals surface area contributed by atoms with Crippen molar-refractivity contribution in [3.8, 4) is 5.75 Å². The average Bonchev–Trinajstić information content (AvgIpc) is 3.09. The molecule has 0 spiro atoms. The predicted octanol–water partition coefficient (Wildman–Crippen LogP) is 4.65. The molecule has 1 fully saturated rings. The van der Waals surface area contributed by atoms with E-state index in [1.807, 2.05) is 20.8 Å². The molecule has 2 unspecified atom stereocenters. The summed E-state index contributed by atoms with van der Waals surface area (Å²) in [7, 11) is 0. The second-order valence-corrected chi connectivity index (χ2v) is 10.5. The minimum atomic E-state index is -1.38. The van der Waals surface area contributed by atoms with Crippen LogP contribution in [-0.4, -0.2) is 45.1 Å². The van der Waals surface area contributed by atoms with Crippen LogP contribution in [0.5, 0.6) is 5.75 Å². The van der Waals surface area contributed by atoms with Crippen LogP contribution in [0, 0.1) is 5.92 Å². The first kappa shape index (κ1) is 23.2. The van der Waals surface area contributed by atoms with Gasteiger partial charge in [-0.3, -0.25) is 0 Å². The highest BCUT2D eigenvalue weighted by atomic mass is 35.5. The second kappa shape index (κ2) is 9.59. The Bertz CT molecular complexity index is 727. The topological polar surface area (TPSA) is 84.9 Å². The molecule has 2 rings (SSSR count). The first-order valence-electron chi connectivity index (χ1n) is 8.93. The molecule has 1 aromatic carbocycles. The lowest BCUT2D eigenvalue weighted by Crippen LogP contribution is -2.44. The maximum absolute atomic E-state index is 12.9. The maximum Gasteiger partial charge on any atom is 0.407 e. The number of likely N-dealkylation sites (tertiary alicyclic amines) is 1. The number of benzene rings is 1. The summed E-state index contributed by atoms with van der Waals surface area (Å²) in [6.45, 7) is 10.3. The van der Waals surface area contributed by atoms with Gasteiger partial charge in [-0.25, -0.2) is 4.79 Å². The van der Waals surface area contributed by atoms with E-state index in [-0.39, 0.29) is 12.5 Å². The minimum absolute atomic E-state index is 0.0919. The van der Waals surface area contributed by atoms with E-state index in [1.165, 1.54) is 4.90 Å². The molecule has 0 radical (unpaired) electrons. The predicted molar refractivity (Wildman–Crippen MR) is 114 cm³/mol. The van der Waals surface area contributed by atoms with Gasteiger partial charge in [-0.1, -0.05) is 35.9 Å². The molecule has 1 amide bonds. The highest BCUT2D eigenvalue weighted by molar-refractivity contribution is 7.90. The van der Waals surface area contributed by atoms with Gasteiger partial charge >= 0.3 is 6.09 Å². The highest BCUT2D eigenvalue weighted by Gasteiger charge is 2.39. The monoisotopic (exact) mass is 448 g/mol. The number of ether oxygens (including phenoxy) is 1. The van der Waals surface area contributed by atoms with Crippen LogP contribution in [0.15, 0.2) is 24.8 Å². The van der Waals surface area contributed by atoms with Gasteiger partial charge in [-0.15, -0.1) is 4.72 Å². The van der Waals surface area contributed by atoms with Gasteiger partial charge in [0, 0.05) is 42.0 Å². The fraction of sp³-hybridized carbons (Fsp3) is 0.526. The van der Waals surface area contributed by atoms with Crippen molar-refractivity contribution in [1.29, 1.82) is 0 Å². The molecular weight excluding hydrogens is 423 g/mol. The van der Waals surface area contributed by atoms with Gasteiger partial charge in [-0.2, -0.15) is 0 Å². The molecule has 0 aliphatic carbocycles. The fourth-order valence-corrected chi connectivity index (χ4v) is 4.23. The van der Waals surface area contributed by atoms with Crippen molar-refractivity contribution < 1.29 is 19.2 Å². The Hall–Kier alpha value is -1.12. The second-order valence-electron chi connectivity index (χ2n) is 7.66. The molecule has 1 aliphatic rings. The molecule has 1 heterocycles. The highest BCUT2D eigenvalue weighted by Crippen LogP contribution is 2.40. The van der Waals surface area contributed by atoms with Crippen LogP contribution in [0.2, 0.25) is 10.0 Å². The number of carbonyl (C=O) groups is 1. The zero-order valence-electron chi connectivity index (χ0n) is 16.2. The number of rotatable bonds is 7. The summed E-state index contributed by atoms with van der Waals surface area (Å²) in [6, 6.07) is 2.91. The third-order valence-electron chi connectivity index (χ3n) is 4.50. The van der Waals surface area contributed by atoms with Crippen LogP contribution >= 0.6 is 23.2 Å². The first-order chi connectivity index (χ1) is 13.0. The smallest absolute Gasteiger partial charge is 0.407 e. The molecule has 2 N–H and O–H groups in total. The zero-order chi connectivity index (χ0) is 21.1. The van der Waals surface area contributed by atoms with Gasteiger partial charge in [-0.05, 0) is 33.3 Å². The number of amides is 1. The number of halogens is 2. The summed E-state index contributed by atoms with van der Waals surface area (Å²) >= 11 is 11.0. The summed E-state index contributed by atoms with van der Waals surface area (Å²) in [4.78, 5) is 12.7. The van der Waals surface area contributed by atoms with Crippen molar-refractivity contribution in [1.82, 2.24) is 9.62 Å². The van der Waals surface area contributed by atoms with Crippen LogP contribution in [0.3, 0.4) is 0 Å². The Balaban J connectivity index is 2.44. The van der Waals surface area contributed by atoms with E-state index in [2.05, 4.69) is 11.3 Å². The Kier molecular flexibility index (Phi) is 7.93. The van der Waals surface area contributed by atoms with Gasteiger partial charge in [0.2, 0.25) is 0 Å². The van der Waals surface area contributed by atoms with E-state index in [4.69, 9.17) is 27.9 Å². The summed E-state index contributed by atoms with van der Waals surface area (Å²) in [5.74, 6) is 0.414. The van der Waals surface area contributed by atoms with E-state index in [9.17, 15) is 14.5 Å². The summed E-state index contributed by atoms with van der Waals surface area (Å²) < 4.78 is 21.3. The van der Waals surface area contributed by atoms with Crippen molar-refractivity contribution >= 4 is 40.7 Å². The SMILES string of the molecule is C=CCOc1cc(Cl)c(Cl)cc1C(N[S+]([O-])C(C)(C)C)[C@@H]1CCN(C(=O)O)C1. The Morgan fingerprint density at radius 3 is 2.68 bits per heavy atom. The van der Waals surface area contributed by atoms with Crippen LogP contribution < -0.4 is 9.46 Å². The average molecular weight is 449 g/mol. The van der Waals surface area contributed by atoms with E-state index in [0.29, 0.717) is 40.9 Å².